The summed E-state index contributed by atoms with van der Waals surface area (Å²) >= 11 is 1.56. The van der Waals surface area contributed by atoms with Gasteiger partial charge in [-0.25, -0.2) is 4.39 Å². The lowest BCUT2D eigenvalue weighted by Gasteiger charge is -2.09. The number of aryl methyl sites for hydroxylation is 1. The highest BCUT2D eigenvalue weighted by molar-refractivity contribution is 7.98. The molecule has 3 aromatic rings. The highest BCUT2D eigenvalue weighted by Gasteiger charge is 2.12. The van der Waals surface area contributed by atoms with Gasteiger partial charge in [-0.05, 0) is 41.8 Å². The van der Waals surface area contributed by atoms with Crippen LogP contribution in [0.1, 0.15) is 23.9 Å². The lowest BCUT2D eigenvalue weighted by molar-refractivity contribution is 0.289. The van der Waals surface area contributed by atoms with Crippen LogP contribution in [0.3, 0.4) is 0 Å². The predicted molar refractivity (Wildman–Crippen MR) is 106 cm³/mol. The van der Waals surface area contributed by atoms with Crippen molar-refractivity contribution in [2.45, 2.75) is 37.4 Å². The smallest absolute Gasteiger partial charge is 0.191 e. The molecule has 2 aromatic carbocycles. The summed E-state index contributed by atoms with van der Waals surface area (Å²) in [5.41, 5.74) is 2.31. The van der Waals surface area contributed by atoms with Gasteiger partial charge >= 0.3 is 0 Å². The van der Waals surface area contributed by atoms with E-state index in [9.17, 15) is 4.39 Å². The number of hydrogen-bond donors (Lipinski definition) is 0. The largest absolute Gasteiger partial charge is 0.486 e. The zero-order valence-electron chi connectivity index (χ0n) is 15.3. The van der Waals surface area contributed by atoms with E-state index in [0.717, 1.165) is 28.7 Å². The maximum atomic E-state index is 13.0. The number of aromatic nitrogens is 3. The van der Waals surface area contributed by atoms with Gasteiger partial charge in [-0.15, -0.1) is 16.8 Å². The maximum absolute atomic E-state index is 13.0. The lowest BCUT2D eigenvalue weighted by Crippen LogP contribution is -2.07. The first kappa shape index (κ1) is 19.2. The Labute approximate surface area is 163 Å². The molecule has 0 N–H and O–H groups in total. The van der Waals surface area contributed by atoms with Gasteiger partial charge < -0.3 is 4.74 Å². The first-order valence-corrected chi connectivity index (χ1v) is 9.80. The molecule has 1 heterocycles. The fourth-order valence-corrected chi connectivity index (χ4v) is 3.47. The summed E-state index contributed by atoms with van der Waals surface area (Å²) in [6.45, 7) is 6.88. The minimum absolute atomic E-state index is 0.232. The minimum atomic E-state index is -0.232. The molecule has 0 saturated heterocycles. The number of rotatable bonds is 9. The third-order valence-corrected chi connectivity index (χ3v) is 5.12. The lowest BCUT2D eigenvalue weighted by atomic mass is 10.2. The van der Waals surface area contributed by atoms with Crippen molar-refractivity contribution in [3.63, 3.8) is 0 Å². The third-order valence-electron chi connectivity index (χ3n) is 4.09. The number of hydrogen-bond acceptors (Lipinski definition) is 4. The van der Waals surface area contributed by atoms with Crippen molar-refractivity contribution in [1.29, 1.82) is 0 Å². The van der Waals surface area contributed by atoms with Crippen LogP contribution >= 0.6 is 11.8 Å². The Kier molecular flexibility index (Phi) is 6.65. The molecule has 27 heavy (non-hydrogen) atoms. The molecular weight excluding hydrogens is 361 g/mol. The Morgan fingerprint density at radius 3 is 2.44 bits per heavy atom. The van der Waals surface area contributed by atoms with Crippen LogP contribution in [0.15, 0.2) is 66.3 Å². The van der Waals surface area contributed by atoms with Crippen LogP contribution in [0.4, 0.5) is 4.39 Å². The normalized spacial score (nSPS) is 10.7. The Morgan fingerprint density at radius 1 is 1.07 bits per heavy atom. The van der Waals surface area contributed by atoms with Crippen LogP contribution in [0.2, 0.25) is 0 Å². The second-order valence-electron chi connectivity index (χ2n) is 6.00. The van der Waals surface area contributed by atoms with E-state index in [0.29, 0.717) is 18.9 Å². The first-order valence-electron chi connectivity index (χ1n) is 8.81. The Balaban J connectivity index is 1.66. The molecule has 0 spiro atoms. The summed E-state index contributed by atoms with van der Waals surface area (Å²) in [4.78, 5) is 0. The van der Waals surface area contributed by atoms with Crippen molar-refractivity contribution in [2.75, 3.05) is 0 Å². The zero-order chi connectivity index (χ0) is 19.1. The average Bonchev–Trinajstić information content (AvgIpc) is 3.08. The van der Waals surface area contributed by atoms with Crippen LogP contribution < -0.4 is 4.74 Å². The van der Waals surface area contributed by atoms with Crippen LogP contribution in [0.25, 0.3) is 0 Å². The van der Waals surface area contributed by atoms with Crippen LogP contribution in [0.5, 0.6) is 5.75 Å². The van der Waals surface area contributed by atoms with Crippen LogP contribution in [-0.4, -0.2) is 14.8 Å². The predicted octanol–water partition coefficient (Wildman–Crippen LogP) is 5.04. The molecule has 6 heteroatoms. The second-order valence-corrected chi connectivity index (χ2v) is 6.94. The van der Waals surface area contributed by atoms with Crippen molar-refractivity contribution in [3.05, 3.63) is 84.0 Å². The van der Waals surface area contributed by atoms with Gasteiger partial charge in [0.25, 0.3) is 0 Å². The quantitative estimate of drug-likeness (QED) is 0.383. The monoisotopic (exact) mass is 383 g/mol. The van der Waals surface area contributed by atoms with E-state index in [1.807, 2.05) is 22.8 Å². The highest BCUT2D eigenvalue weighted by atomic mass is 32.2. The standard InChI is InChI=1S/C21H22FN3OS/c1-3-13-25-20(14-26-19-11-7-16(4-2)8-12-19)23-24-21(25)27-15-17-5-9-18(22)10-6-17/h3,5-12H,1,4,13-15H2,2H3. The third kappa shape index (κ3) is 5.20. The molecule has 0 atom stereocenters. The van der Waals surface area contributed by atoms with Gasteiger partial charge in [0, 0.05) is 12.3 Å². The molecule has 0 fully saturated rings. The molecule has 0 amide bonds. The summed E-state index contributed by atoms with van der Waals surface area (Å²) in [6.07, 6.45) is 2.81. The Hall–Kier alpha value is -2.60. The molecule has 3 rings (SSSR count). The molecule has 0 aliphatic carbocycles. The molecule has 1 aromatic heterocycles. The number of allylic oxidation sites excluding steroid dienone is 1. The van der Waals surface area contributed by atoms with E-state index in [1.165, 1.54) is 17.7 Å². The van der Waals surface area contributed by atoms with Crippen LogP contribution in [0, 0.1) is 5.82 Å². The zero-order valence-corrected chi connectivity index (χ0v) is 16.1. The summed E-state index contributed by atoms with van der Waals surface area (Å²) in [5.74, 6) is 2.01. The van der Waals surface area contributed by atoms with E-state index in [4.69, 9.17) is 4.74 Å². The topological polar surface area (TPSA) is 39.9 Å². The fraction of sp³-hybridized carbons (Fsp3) is 0.238. The van der Waals surface area contributed by atoms with E-state index in [2.05, 4.69) is 35.8 Å². The van der Waals surface area contributed by atoms with Gasteiger partial charge in [-0.1, -0.05) is 49.0 Å². The van der Waals surface area contributed by atoms with Crippen molar-refractivity contribution in [2.24, 2.45) is 0 Å². The molecule has 140 valence electrons. The van der Waals surface area contributed by atoms with E-state index in [-0.39, 0.29) is 5.82 Å². The van der Waals surface area contributed by atoms with Gasteiger partial charge in [-0.2, -0.15) is 0 Å². The van der Waals surface area contributed by atoms with Crippen molar-refractivity contribution >= 4 is 11.8 Å². The number of benzene rings is 2. The average molecular weight is 383 g/mol. The molecule has 0 unspecified atom stereocenters. The molecule has 0 bridgehead atoms. The van der Waals surface area contributed by atoms with Gasteiger partial charge in [0.2, 0.25) is 0 Å². The van der Waals surface area contributed by atoms with E-state index in [1.54, 1.807) is 23.9 Å². The number of halogens is 1. The SMILES string of the molecule is C=CCn1c(COc2ccc(CC)cc2)nnc1SCc1ccc(F)cc1. The number of ether oxygens (including phenoxy) is 1. The molecular formula is C21H22FN3OS. The van der Waals surface area contributed by atoms with Gasteiger partial charge in [0.15, 0.2) is 11.0 Å². The molecule has 0 saturated carbocycles. The van der Waals surface area contributed by atoms with Crippen molar-refractivity contribution in [3.8, 4) is 5.75 Å². The summed E-state index contributed by atoms with van der Waals surface area (Å²) in [5, 5.41) is 9.34. The maximum Gasteiger partial charge on any atom is 0.191 e. The number of nitrogens with zero attached hydrogens (tertiary/aromatic N) is 3. The van der Waals surface area contributed by atoms with Crippen molar-refractivity contribution in [1.82, 2.24) is 14.8 Å². The number of thioether (sulfide) groups is 1. The molecule has 4 nitrogen and oxygen atoms in total. The minimum Gasteiger partial charge on any atom is -0.486 e. The molecule has 0 aliphatic heterocycles. The summed E-state index contributed by atoms with van der Waals surface area (Å²) < 4.78 is 20.9. The highest BCUT2D eigenvalue weighted by Crippen LogP contribution is 2.23. The van der Waals surface area contributed by atoms with E-state index >= 15 is 0 Å². The van der Waals surface area contributed by atoms with Crippen LogP contribution in [-0.2, 0) is 25.3 Å². The van der Waals surface area contributed by atoms with Gasteiger partial charge in [0.05, 0.1) is 0 Å². The van der Waals surface area contributed by atoms with Gasteiger partial charge in [-0.3, -0.25) is 4.57 Å². The molecule has 0 radical (unpaired) electrons. The fourth-order valence-electron chi connectivity index (χ4n) is 2.54. The van der Waals surface area contributed by atoms with Gasteiger partial charge in [0.1, 0.15) is 18.2 Å². The Bertz CT molecular complexity index is 875. The Morgan fingerprint density at radius 2 is 1.78 bits per heavy atom. The second kappa shape index (κ2) is 9.37. The first-order chi connectivity index (χ1) is 13.2. The summed E-state index contributed by atoms with van der Waals surface area (Å²) in [6, 6.07) is 14.6. The molecule has 0 aliphatic rings. The summed E-state index contributed by atoms with van der Waals surface area (Å²) in [7, 11) is 0. The van der Waals surface area contributed by atoms with E-state index < -0.39 is 0 Å². The van der Waals surface area contributed by atoms with Crippen molar-refractivity contribution < 1.29 is 9.13 Å².